The van der Waals surface area contributed by atoms with E-state index in [1.807, 2.05) is 64.1 Å². The summed E-state index contributed by atoms with van der Waals surface area (Å²) in [5, 5.41) is 3.52. The fraction of sp³-hybridized carbons (Fsp3) is 0.265. The second kappa shape index (κ2) is 8.99. The Labute approximate surface area is 228 Å². The molecule has 4 aromatic carbocycles. The molecule has 6 rings (SSSR count). The summed E-state index contributed by atoms with van der Waals surface area (Å²) in [5.74, 6) is -1.03. The van der Waals surface area contributed by atoms with Crippen LogP contribution in [0, 0.1) is 0 Å². The highest BCUT2D eigenvalue weighted by atomic mass is 28.3. The lowest BCUT2D eigenvalue weighted by atomic mass is 9.92. The van der Waals surface area contributed by atoms with Crippen LogP contribution in [0.15, 0.2) is 83.3 Å². The first-order valence-corrected chi connectivity index (χ1v) is 16.8. The third kappa shape index (κ3) is 3.90. The fourth-order valence-electron chi connectivity index (χ4n) is 5.47. The van der Waals surface area contributed by atoms with Crippen LogP contribution >= 0.6 is 0 Å². The first-order chi connectivity index (χ1) is 18.7. The SMILES string of the molecule is [2H]C(C)(C)c1cccc(C([2H])(C)C)c1-n1c(-c2cccc3c2oc2cc([Si](C)(C)C)ccc23)nc2ccccc21. The van der Waals surface area contributed by atoms with Crippen LogP contribution in [0.2, 0.25) is 19.6 Å². The van der Waals surface area contributed by atoms with Gasteiger partial charge in [-0.15, -0.1) is 0 Å². The Hall–Kier alpha value is -3.63. The maximum absolute atomic E-state index is 9.07. The molecule has 0 unspecified atom stereocenters. The summed E-state index contributed by atoms with van der Waals surface area (Å²) in [6.45, 7) is 14.7. The van der Waals surface area contributed by atoms with Gasteiger partial charge < -0.3 is 4.42 Å². The van der Waals surface area contributed by atoms with Gasteiger partial charge in [0.15, 0.2) is 0 Å². The van der Waals surface area contributed by atoms with Crippen LogP contribution in [0.3, 0.4) is 0 Å². The molecule has 0 fully saturated rings. The zero-order valence-electron chi connectivity index (χ0n) is 25.3. The van der Waals surface area contributed by atoms with Gasteiger partial charge >= 0.3 is 0 Å². The molecule has 0 saturated heterocycles. The number of nitrogens with zero attached hydrogens (tertiary/aromatic N) is 2. The van der Waals surface area contributed by atoms with Gasteiger partial charge in [0, 0.05) is 13.5 Å². The molecule has 4 heteroatoms. The van der Waals surface area contributed by atoms with Gasteiger partial charge in [0.1, 0.15) is 17.0 Å². The van der Waals surface area contributed by atoms with Crippen molar-refractivity contribution in [3.05, 3.63) is 90.0 Å². The molecule has 6 aromatic rings. The molecule has 0 radical (unpaired) electrons. The van der Waals surface area contributed by atoms with Crippen molar-refractivity contribution < 1.29 is 7.16 Å². The molecular weight excluding hydrogens is 480 g/mol. The van der Waals surface area contributed by atoms with Crippen molar-refractivity contribution in [1.82, 2.24) is 9.55 Å². The van der Waals surface area contributed by atoms with Crippen molar-refractivity contribution in [1.29, 1.82) is 0 Å². The second-order valence-electron chi connectivity index (χ2n) is 11.7. The van der Waals surface area contributed by atoms with E-state index in [-0.39, 0.29) is 0 Å². The average molecular weight is 519 g/mol. The number of rotatable bonds is 5. The van der Waals surface area contributed by atoms with Crippen LogP contribution in [-0.4, -0.2) is 17.6 Å². The minimum absolute atomic E-state index is 0.749. The van der Waals surface area contributed by atoms with Gasteiger partial charge in [-0.3, -0.25) is 4.57 Å². The normalized spacial score (nSPS) is 13.9. The van der Waals surface area contributed by atoms with E-state index in [2.05, 4.69) is 66.7 Å². The van der Waals surface area contributed by atoms with Crippen LogP contribution in [0.1, 0.15) is 53.4 Å². The lowest BCUT2D eigenvalue weighted by Gasteiger charge is -2.22. The lowest BCUT2D eigenvalue weighted by Crippen LogP contribution is -2.37. The van der Waals surface area contributed by atoms with Gasteiger partial charge in [-0.2, -0.15) is 0 Å². The average Bonchev–Trinajstić information content (AvgIpc) is 3.44. The third-order valence-electron chi connectivity index (χ3n) is 7.50. The van der Waals surface area contributed by atoms with Gasteiger partial charge in [0.2, 0.25) is 0 Å². The standard InChI is InChI=1S/C34H36N2OSi/c1-21(2)24-12-10-13-25(22(3)4)32(24)36-30-17-9-8-16-29(30)35-34(36)28-15-11-14-27-26-19-18-23(38(5,6)7)20-31(26)37-33(27)28/h8-22H,1-7H3/i21D,22D. The number of aromatic nitrogens is 2. The summed E-state index contributed by atoms with van der Waals surface area (Å²) in [6.07, 6.45) is 0. The lowest BCUT2D eigenvalue weighted by molar-refractivity contribution is 0.669. The van der Waals surface area contributed by atoms with E-state index >= 15 is 0 Å². The molecule has 0 saturated carbocycles. The number of hydrogen-bond donors (Lipinski definition) is 0. The summed E-state index contributed by atoms with van der Waals surface area (Å²) >= 11 is 0. The summed E-state index contributed by atoms with van der Waals surface area (Å²) in [7, 11) is -1.51. The second-order valence-corrected chi connectivity index (χ2v) is 16.8. The number of imidazole rings is 1. The fourth-order valence-corrected chi connectivity index (χ4v) is 6.61. The van der Waals surface area contributed by atoms with E-state index in [9.17, 15) is 0 Å². The quantitative estimate of drug-likeness (QED) is 0.213. The molecule has 0 atom stereocenters. The van der Waals surface area contributed by atoms with E-state index in [0.717, 1.165) is 61.2 Å². The molecule has 192 valence electrons. The van der Waals surface area contributed by atoms with Crippen molar-refractivity contribution in [3.63, 3.8) is 0 Å². The molecule has 0 bridgehead atoms. The summed E-state index contributed by atoms with van der Waals surface area (Å²) in [6, 6.07) is 27.0. The van der Waals surface area contributed by atoms with Gasteiger partial charge in [0.25, 0.3) is 0 Å². The van der Waals surface area contributed by atoms with Crippen LogP contribution in [0.25, 0.3) is 50.0 Å². The maximum Gasteiger partial charge on any atom is 0.149 e. The predicted octanol–water partition coefficient (Wildman–Crippen LogP) is 9.38. The topological polar surface area (TPSA) is 31.0 Å². The molecule has 0 N–H and O–H groups in total. The van der Waals surface area contributed by atoms with Gasteiger partial charge in [0.05, 0.1) is 30.4 Å². The van der Waals surface area contributed by atoms with E-state index < -0.39 is 19.9 Å². The number of hydrogen-bond acceptors (Lipinski definition) is 2. The Balaban J connectivity index is 1.74. The minimum atomic E-state index is -1.51. The highest BCUT2D eigenvalue weighted by Gasteiger charge is 2.25. The Morgan fingerprint density at radius 2 is 1.47 bits per heavy atom. The van der Waals surface area contributed by atoms with Gasteiger partial charge in [-0.05, 0) is 47.2 Å². The van der Waals surface area contributed by atoms with E-state index in [1.165, 1.54) is 5.19 Å². The first kappa shape index (κ1) is 22.4. The Morgan fingerprint density at radius 3 is 2.16 bits per heavy atom. The van der Waals surface area contributed by atoms with Gasteiger partial charge in [-0.25, -0.2) is 4.98 Å². The smallest absolute Gasteiger partial charge is 0.149 e. The molecule has 0 aliphatic heterocycles. The van der Waals surface area contributed by atoms with Crippen LogP contribution in [0.4, 0.5) is 0 Å². The zero-order chi connectivity index (χ0) is 28.6. The number of furan rings is 1. The molecule has 0 aliphatic carbocycles. The minimum Gasteiger partial charge on any atom is -0.455 e. The van der Waals surface area contributed by atoms with Crippen molar-refractivity contribution in [2.45, 2.75) is 59.1 Å². The van der Waals surface area contributed by atoms with Crippen LogP contribution in [0.5, 0.6) is 0 Å². The highest BCUT2D eigenvalue weighted by molar-refractivity contribution is 6.88. The zero-order valence-corrected chi connectivity index (χ0v) is 24.3. The van der Waals surface area contributed by atoms with E-state index in [0.29, 0.717) is 0 Å². The predicted molar refractivity (Wildman–Crippen MR) is 165 cm³/mol. The Kier molecular flexibility index (Phi) is 5.29. The molecule has 3 nitrogen and oxygen atoms in total. The summed E-state index contributed by atoms with van der Waals surface area (Å²) in [4.78, 5) is 5.17. The molecule has 0 spiro atoms. The van der Waals surface area contributed by atoms with Crippen molar-refractivity contribution in [2.75, 3.05) is 0 Å². The molecule has 0 amide bonds. The van der Waals surface area contributed by atoms with Gasteiger partial charge in [-0.1, -0.05) is 107 Å². The summed E-state index contributed by atoms with van der Waals surface area (Å²) < 4.78 is 26.9. The number of fused-ring (bicyclic) bond motifs is 4. The number of para-hydroxylation sites is 4. The monoisotopic (exact) mass is 518 g/mol. The third-order valence-corrected chi connectivity index (χ3v) is 9.55. The van der Waals surface area contributed by atoms with E-state index in [4.69, 9.17) is 12.1 Å². The maximum atomic E-state index is 9.07. The molecular formula is C34H36N2OSi. The van der Waals surface area contributed by atoms with Crippen LogP contribution < -0.4 is 5.19 Å². The number of benzene rings is 4. The molecule has 2 heterocycles. The molecule has 38 heavy (non-hydrogen) atoms. The largest absolute Gasteiger partial charge is 0.455 e. The highest BCUT2D eigenvalue weighted by Crippen LogP contribution is 2.40. The molecule has 2 aromatic heterocycles. The summed E-state index contributed by atoms with van der Waals surface area (Å²) in [5.41, 5.74) is 6.94. The van der Waals surface area contributed by atoms with Crippen molar-refractivity contribution in [3.8, 4) is 17.1 Å². The van der Waals surface area contributed by atoms with Crippen molar-refractivity contribution in [2.24, 2.45) is 0 Å². The Morgan fingerprint density at radius 1 is 0.789 bits per heavy atom. The van der Waals surface area contributed by atoms with Crippen LogP contribution in [-0.2, 0) is 0 Å². The van der Waals surface area contributed by atoms with Crippen molar-refractivity contribution >= 4 is 46.2 Å². The Bertz CT molecular complexity index is 1880. The van der Waals surface area contributed by atoms with E-state index in [1.54, 1.807) is 0 Å². The molecule has 0 aliphatic rings. The first-order valence-electron chi connectivity index (χ1n) is 14.3.